The summed E-state index contributed by atoms with van der Waals surface area (Å²) in [6, 6.07) is 3.52. The van der Waals surface area contributed by atoms with Crippen molar-refractivity contribution in [2.45, 2.75) is 39.5 Å². The molecule has 0 saturated carbocycles. The van der Waals surface area contributed by atoms with Crippen LogP contribution in [0.3, 0.4) is 0 Å². The van der Waals surface area contributed by atoms with Gasteiger partial charge in [0.25, 0.3) is 5.56 Å². The summed E-state index contributed by atoms with van der Waals surface area (Å²) in [4.78, 5) is 19.4. The summed E-state index contributed by atoms with van der Waals surface area (Å²) in [6.07, 6.45) is 5.79. The number of hydroxylamine groups is 1. The summed E-state index contributed by atoms with van der Waals surface area (Å²) in [5.74, 6) is 0. The maximum absolute atomic E-state index is 11.7. The Hall–Kier alpha value is -2.06. The van der Waals surface area contributed by atoms with E-state index in [9.17, 15) is 4.79 Å². The Bertz CT molecular complexity index is 567. The van der Waals surface area contributed by atoms with Crippen LogP contribution in [0.4, 0.5) is 0 Å². The first-order valence-corrected chi connectivity index (χ1v) is 6.83. The lowest BCUT2D eigenvalue weighted by atomic mass is 10.0. The van der Waals surface area contributed by atoms with Crippen molar-refractivity contribution in [1.29, 1.82) is 5.26 Å². The third-order valence-electron chi connectivity index (χ3n) is 3.01. The molecular formula is C15H21N3O2. The number of rotatable bonds is 7. The maximum Gasteiger partial charge on any atom is 0.266 e. The second-order valence-corrected chi connectivity index (χ2v) is 4.44. The molecule has 5 nitrogen and oxygen atoms in total. The Morgan fingerprint density at radius 1 is 1.55 bits per heavy atom. The molecule has 0 fully saturated rings. The number of allylic oxidation sites excluding steroid dienone is 1. The van der Waals surface area contributed by atoms with Crippen LogP contribution in [0.15, 0.2) is 16.9 Å². The molecule has 0 bridgehead atoms. The molecule has 5 heteroatoms. The van der Waals surface area contributed by atoms with Gasteiger partial charge in [-0.1, -0.05) is 26.3 Å². The Labute approximate surface area is 119 Å². The number of nitriles is 1. The van der Waals surface area contributed by atoms with Crippen molar-refractivity contribution in [3.63, 3.8) is 0 Å². The highest BCUT2D eigenvalue weighted by Crippen LogP contribution is 2.17. The van der Waals surface area contributed by atoms with Gasteiger partial charge in [-0.2, -0.15) is 5.26 Å². The smallest absolute Gasteiger partial charge is 0.266 e. The molecule has 0 amide bonds. The summed E-state index contributed by atoms with van der Waals surface area (Å²) in [7, 11) is 1.54. The lowest BCUT2D eigenvalue weighted by Crippen LogP contribution is -2.18. The van der Waals surface area contributed by atoms with Gasteiger partial charge in [0.2, 0.25) is 0 Å². The first-order chi connectivity index (χ1) is 9.67. The first-order valence-electron chi connectivity index (χ1n) is 6.83. The van der Waals surface area contributed by atoms with Gasteiger partial charge in [0, 0.05) is 11.3 Å². The number of aromatic nitrogens is 1. The summed E-state index contributed by atoms with van der Waals surface area (Å²) in [5.41, 5.74) is 4.97. The molecule has 2 N–H and O–H groups in total. The van der Waals surface area contributed by atoms with Crippen LogP contribution in [-0.2, 0) is 11.3 Å². The molecule has 0 aliphatic heterocycles. The van der Waals surface area contributed by atoms with E-state index >= 15 is 0 Å². The van der Waals surface area contributed by atoms with Crippen LogP contribution in [0.5, 0.6) is 0 Å². The third kappa shape index (κ3) is 3.97. The predicted molar refractivity (Wildman–Crippen MR) is 78.8 cm³/mol. The summed E-state index contributed by atoms with van der Waals surface area (Å²) in [5, 5.41) is 8.99. The normalized spacial score (nSPS) is 11.2. The van der Waals surface area contributed by atoms with E-state index in [1.54, 1.807) is 6.07 Å². The molecule has 0 aromatic carbocycles. The van der Waals surface area contributed by atoms with E-state index in [0.717, 1.165) is 36.2 Å². The van der Waals surface area contributed by atoms with Gasteiger partial charge in [-0.25, -0.2) is 0 Å². The molecular weight excluding hydrogens is 254 g/mol. The number of aryl methyl sites for hydroxylation is 1. The van der Waals surface area contributed by atoms with Crippen molar-refractivity contribution >= 4 is 5.70 Å². The van der Waals surface area contributed by atoms with Gasteiger partial charge in [0.05, 0.1) is 12.8 Å². The van der Waals surface area contributed by atoms with E-state index in [-0.39, 0.29) is 11.1 Å². The van der Waals surface area contributed by atoms with Crippen molar-refractivity contribution < 1.29 is 4.84 Å². The number of unbranched alkanes of at least 4 members (excludes halogenated alkanes) is 2. The van der Waals surface area contributed by atoms with Gasteiger partial charge < -0.3 is 4.98 Å². The maximum atomic E-state index is 11.7. The fourth-order valence-corrected chi connectivity index (χ4v) is 1.94. The van der Waals surface area contributed by atoms with Gasteiger partial charge in [-0.15, -0.1) is 0 Å². The van der Waals surface area contributed by atoms with Crippen LogP contribution in [0.2, 0.25) is 0 Å². The summed E-state index contributed by atoms with van der Waals surface area (Å²) >= 11 is 0. The number of hydrogen-bond acceptors (Lipinski definition) is 4. The minimum atomic E-state index is -0.349. The topological polar surface area (TPSA) is 77.9 Å². The molecule has 0 unspecified atom stereocenters. The summed E-state index contributed by atoms with van der Waals surface area (Å²) in [6.45, 7) is 4.08. The number of hydrogen-bond donors (Lipinski definition) is 2. The molecule has 0 saturated heterocycles. The van der Waals surface area contributed by atoms with Crippen LogP contribution in [0.1, 0.15) is 49.9 Å². The molecule has 0 atom stereocenters. The molecule has 1 heterocycles. The van der Waals surface area contributed by atoms with Crippen LogP contribution in [-0.4, -0.2) is 12.1 Å². The molecule has 108 valence electrons. The number of pyridine rings is 1. The largest absolute Gasteiger partial charge is 0.324 e. The first kappa shape index (κ1) is 16.0. The van der Waals surface area contributed by atoms with Crippen molar-refractivity contribution in [2.75, 3.05) is 7.11 Å². The highest BCUT2D eigenvalue weighted by atomic mass is 16.6. The van der Waals surface area contributed by atoms with Crippen LogP contribution < -0.4 is 11.0 Å². The highest BCUT2D eigenvalue weighted by molar-refractivity contribution is 5.66. The van der Waals surface area contributed by atoms with Gasteiger partial charge in [-0.05, 0) is 25.3 Å². The average molecular weight is 275 g/mol. The van der Waals surface area contributed by atoms with E-state index in [1.807, 2.05) is 19.1 Å². The molecule has 0 spiro atoms. The molecule has 1 aromatic rings. The Balaban J connectivity index is 3.27. The van der Waals surface area contributed by atoms with Gasteiger partial charge in [0.15, 0.2) is 0 Å². The Kier molecular flexibility index (Phi) is 6.54. The van der Waals surface area contributed by atoms with Gasteiger partial charge in [0.1, 0.15) is 11.6 Å². The second kappa shape index (κ2) is 8.18. The number of H-pyrrole nitrogens is 1. The van der Waals surface area contributed by atoms with Crippen molar-refractivity contribution in [3.05, 3.63) is 39.3 Å². The van der Waals surface area contributed by atoms with E-state index in [2.05, 4.69) is 17.4 Å². The van der Waals surface area contributed by atoms with Gasteiger partial charge in [-0.3, -0.25) is 15.1 Å². The minimum absolute atomic E-state index is 0.108. The summed E-state index contributed by atoms with van der Waals surface area (Å²) < 4.78 is 0. The third-order valence-corrected chi connectivity index (χ3v) is 3.01. The van der Waals surface area contributed by atoms with E-state index in [0.29, 0.717) is 6.42 Å². The molecule has 0 aliphatic rings. The molecule has 0 radical (unpaired) electrons. The second-order valence-electron chi connectivity index (χ2n) is 4.44. The minimum Gasteiger partial charge on any atom is -0.324 e. The predicted octanol–water partition coefficient (Wildman–Crippen LogP) is 2.49. The SMILES string of the molecule is CCCCC=C(NOC)c1cc(C#N)c(=O)[nH]c1CC. The highest BCUT2D eigenvalue weighted by Gasteiger charge is 2.11. The lowest BCUT2D eigenvalue weighted by Gasteiger charge is -2.13. The zero-order valence-electron chi connectivity index (χ0n) is 12.2. The van der Waals surface area contributed by atoms with E-state index in [1.165, 1.54) is 7.11 Å². The van der Waals surface area contributed by atoms with Crippen LogP contribution in [0, 0.1) is 11.3 Å². The monoisotopic (exact) mass is 275 g/mol. The average Bonchev–Trinajstić information content (AvgIpc) is 2.46. The number of nitrogens with one attached hydrogen (secondary N) is 2. The van der Waals surface area contributed by atoms with Crippen molar-refractivity contribution in [2.24, 2.45) is 0 Å². The lowest BCUT2D eigenvalue weighted by molar-refractivity contribution is 0.136. The van der Waals surface area contributed by atoms with E-state index in [4.69, 9.17) is 10.1 Å². The van der Waals surface area contributed by atoms with Crippen LogP contribution in [0.25, 0.3) is 5.70 Å². The molecule has 1 aromatic heterocycles. The number of nitrogens with zero attached hydrogens (tertiary/aromatic N) is 1. The van der Waals surface area contributed by atoms with Crippen LogP contribution >= 0.6 is 0 Å². The Morgan fingerprint density at radius 3 is 2.85 bits per heavy atom. The molecule has 0 aliphatic carbocycles. The Morgan fingerprint density at radius 2 is 2.30 bits per heavy atom. The van der Waals surface area contributed by atoms with Crippen molar-refractivity contribution in [3.8, 4) is 6.07 Å². The molecule has 1 rings (SSSR count). The number of aromatic amines is 1. The fourth-order valence-electron chi connectivity index (χ4n) is 1.94. The van der Waals surface area contributed by atoms with Gasteiger partial charge >= 0.3 is 0 Å². The zero-order chi connectivity index (χ0) is 15.0. The standard InChI is InChI=1S/C15H21N3O2/c1-4-6-7-8-14(18-20-3)12-9-11(10-16)15(19)17-13(12)5-2/h8-9,18H,4-7H2,1-3H3,(H,17,19). The van der Waals surface area contributed by atoms with E-state index < -0.39 is 0 Å². The van der Waals surface area contributed by atoms with Crippen molar-refractivity contribution in [1.82, 2.24) is 10.5 Å². The molecule has 20 heavy (non-hydrogen) atoms. The quantitative estimate of drug-likeness (QED) is 0.592. The fraction of sp³-hybridized carbons (Fsp3) is 0.467. The zero-order valence-corrected chi connectivity index (χ0v) is 12.2.